The maximum Gasteiger partial charge on any atom is 0.170 e. The Hall–Kier alpha value is -0.760. The molecule has 1 aromatic carbocycles. The molecule has 1 aliphatic heterocycles. The second-order valence-electron chi connectivity index (χ2n) is 4.81. The average Bonchev–Trinajstić information content (AvgIpc) is 2.48. The van der Waals surface area contributed by atoms with E-state index in [9.17, 15) is 4.39 Å². The van der Waals surface area contributed by atoms with E-state index in [-0.39, 0.29) is 5.82 Å². The van der Waals surface area contributed by atoms with Crippen LogP contribution in [0.2, 0.25) is 0 Å². The Morgan fingerprint density at radius 1 is 1.38 bits per heavy atom. The maximum atomic E-state index is 13.6. The second-order valence-corrected chi connectivity index (χ2v) is 6.14. The first-order valence-electron chi connectivity index (χ1n) is 6.95. The Bertz CT molecular complexity index is 483. The molecule has 1 aromatic rings. The van der Waals surface area contributed by atoms with Gasteiger partial charge in [-0.3, -0.25) is 4.90 Å². The van der Waals surface area contributed by atoms with Crippen LogP contribution >= 0.6 is 28.1 Å². The molecule has 0 saturated carbocycles. The van der Waals surface area contributed by atoms with Crippen molar-refractivity contribution in [3.63, 3.8) is 0 Å². The molecule has 1 aliphatic rings. The minimum Gasteiger partial charge on any atom is -0.379 e. The van der Waals surface area contributed by atoms with Crippen molar-refractivity contribution in [2.45, 2.75) is 6.42 Å². The van der Waals surface area contributed by atoms with E-state index in [2.05, 4.69) is 31.5 Å². The van der Waals surface area contributed by atoms with Gasteiger partial charge in [-0.25, -0.2) is 4.39 Å². The van der Waals surface area contributed by atoms with Gasteiger partial charge in [-0.05, 0) is 43.4 Å². The first kappa shape index (κ1) is 16.6. The van der Waals surface area contributed by atoms with Crippen LogP contribution in [0.25, 0.3) is 0 Å². The standard InChI is InChI=1S/C14H19BrFN3OS/c15-11-2-3-13(12(16)10-11)18-14(21)17-4-1-5-19-6-8-20-9-7-19/h2-3,10H,1,4-9H2,(H2,17,18,21). The van der Waals surface area contributed by atoms with Gasteiger partial charge >= 0.3 is 0 Å². The van der Waals surface area contributed by atoms with Crippen LogP contribution < -0.4 is 10.6 Å². The van der Waals surface area contributed by atoms with Crippen LogP contribution in [0.3, 0.4) is 0 Å². The fourth-order valence-corrected chi connectivity index (χ4v) is 2.63. The summed E-state index contributed by atoms with van der Waals surface area (Å²) in [5, 5.41) is 6.41. The summed E-state index contributed by atoms with van der Waals surface area (Å²) in [5.74, 6) is -0.332. The molecule has 0 bridgehead atoms. The smallest absolute Gasteiger partial charge is 0.170 e. The van der Waals surface area contributed by atoms with E-state index < -0.39 is 0 Å². The number of hydrogen-bond acceptors (Lipinski definition) is 3. The van der Waals surface area contributed by atoms with E-state index in [0.29, 0.717) is 15.3 Å². The van der Waals surface area contributed by atoms with Gasteiger partial charge in [-0.15, -0.1) is 0 Å². The number of nitrogens with zero attached hydrogens (tertiary/aromatic N) is 1. The number of thiocarbonyl (C=S) groups is 1. The highest BCUT2D eigenvalue weighted by molar-refractivity contribution is 9.10. The quantitative estimate of drug-likeness (QED) is 0.610. The van der Waals surface area contributed by atoms with E-state index in [1.54, 1.807) is 12.1 Å². The largest absolute Gasteiger partial charge is 0.379 e. The summed E-state index contributed by atoms with van der Waals surface area (Å²) in [6, 6.07) is 4.83. The first-order chi connectivity index (χ1) is 10.1. The predicted molar refractivity (Wildman–Crippen MR) is 90.2 cm³/mol. The van der Waals surface area contributed by atoms with Gasteiger partial charge in [0.15, 0.2) is 5.11 Å². The molecule has 2 rings (SSSR count). The van der Waals surface area contributed by atoms with Crippen molar-refractivity contribution in [1.29, 1.82) is 0 Å². The summed E-state index contributed by atoms with van der Waals surface area (Å²) in [4.78, 5) is 2.37. The van der Waals surface area contributed by atoms with Gasteiger partial charge in [0.2, 0.25) is 0 Å². The van der Waals surface area contributed by atoms with Crippen molar-refractivity contribution in [3.05, 3.63) is 28.5 Å². The van der Waals surface area contributed by atoms with Crippen LogP contribution in [0.5, 0.6) is 0 Å². The maximum absolute atomic E-state index is 13.6. The SMILES string of the molecule is Fc1cc(Br)ccc1NC(=S)NCCCN1CCOCC1. The molecule has 1 fully saturated rings. The van der Waals surface area contributed by atoms with Gasteiger partial charge in [0.05, 0.1) is 18.9 Å². The molecule has 116 valence electrons. The number of nitrogens with one attached hydrogen (secondary N) is 2. The molecule has 0 radical (unpaired) electrons. The lowest BCUT2D eigenvalue weighted by Gasteiger charge is -2.26. The summed E-state index contributed by atoms with van der Waals surface area (Å²) in [6.45, 7) is 5.40. The highest BCUT2D eigenvalue weighted by atomic mass is 79.9. The number of benzene rings is 1. The molecular weight excluding hydrogens is 357 g/mol. The number of morpholine rings is 1. The predicted octanol–water partition coefficient (Wildman–Crippen LogP) is 2.60. The Balaban J connectivity index is 1.65. The summed E-state index contributed by atoms with van der Waals surface area (Å²) >= 11 is 8.39. The normalized spacial score (nSPS) is 15.7. The molecule has 2 N–H and O–H groups in total. The minimum absolute atomic E-state index is 0.332. The van der Waals surface area contributed by atoms with Crippen LogP contribution in [0.1, 0.15) is 6.42 Å². The Labute approximate surface area is 138 Å². The van der Waals surface area contributed by atoms with E-state index in [4.69, 9.17) is 17.0 Å². The molecule has 21 heavy (non-hydrogen) atoms. The molecule has 1 saturated heterocycles. The van der Waals surface area contributed by atoms with Gasteiger partial charge < -0.3 is 15.4 Å². The lowest BCUT2D eigenvalue weighted by atomic mass is 10.3. The van der Waals surface area contributed by atoms with Gasteiger partial charge in [0.25, 0.3) is 0 Å². The monoisotopic (exact) mass is 375 g/mol. The molecule has 0 unspecified atom stereocenters. The molecule has 1 heterocycles. The van der Waals surface area contributed by atoms with Crippen LogP contribution in [0.4, 0.5) is 10.1 Å². The molecule has 7 heteroatoms. The van der Waals surface area contributed by atoms with Crippen molar-refractivity contribution < 1.29 is 9.13 Å². The average molecular weight is 376 g/mol. The molecule has 0 spiro atoms. The second kappa shape index (κ2) is 8.63. The van der Waals surface area contributed by atoms with Crippen molar-refractivity contribution in [3.8, 4) is 0 Å². The number of hydrogen-bond donors (Lipinski definition) is 2. The third-order valence-corrected chi connectivity index (χ3v) is 3.96. The van der Waals surface area contributed by atoms with Crippen LogP contribution in [-0.4, -0.2) is 49.4 Å². The molecule has 4 nitrogen and oxygen atoms in total. The Kier molecular flexibility index (Phi) is 6.82. The highest BCUT2D eigenvalue weighted by Crippen LogP contribution is 2.19. The molecular formula is C14H19BrFN3OS. The summed E-state index contributed by atoms with van der Waals surface area (Å²) in [5.41, 5.74) is 0.379. The van der Waals surface area contributed by atoms with E-state index in [1.807, 2.05) is 0 Å². The number of rotatable bonds is 5. The summed E-state index contributed by atoms with van der Waals surface area (Å²) < 4.78 is 19.7. The molecule has 0 aromatic heterocycles. The zero-order valence-electron chi connectivity index (χ0n) is 11.7. The zero-order chi connectivity index (χ0) is 15.1. The fourth-order valence-electron chi connectivity index (χ4n) is 2.09. The van der Waals surface area contributed by atoms with E-state index >= 15 is 0 Å². The molecule has 0 amide bonds. The zero-order valence-corrected chi connectivity index (χ0v) is 14.1. The van der Waals surface area contributed by atoms with Crippen molar-refractivity contribution in [1.82, 2.24) is 10.2 Å². The van der Waals surface area contributed by atoms with Gasteiger partial charge in [0.1, 0.15) is 5.82 Å². The van der Waals surface area contributed by atoms with Gasteiger partial charge in [-0.1, -0.05) is 15.9 Å². The topological polar surface area (TPSA) is 36.5 Å². The summed E-state index contributed by atoms with van der Waals surface area (Å²) in [6.07, 6.45) is 0.991. The molecule has 0 aliphatic carbocycles. The van der Waals surface area contributed by atoms with Crippen molar-refractivity contribution in [2.24, 2.45) is 0 Å². The number of ether oxygens (including phenoxy) is 1. The first-order valence-corrected chi connectivity index (χ1v) is 8.15. The Morgan fingerprint density at radius 2 is 2.14 bits per heavy atom. The van der Waals surface area contributed by atoms with Crippen LogP contribution in [0, 0.1) is 5.82 Å². The fraction of sp³-hybridized carbons (Fsp3) is 0.500. The summed E-state index contributed by atoms with van der Waals surface area (Å²) in [7, 11) is 0. The lowest BCUT2D eigenvalue weighted by Crippen LogP contribution is -2.38. The third-order valence-electron chi connectivity index (χ3n) is 3.22. The number of anilines is 1. The molecule has 0 atom stereocenters. The van der Waals surface area contributed by atoms with Crippen LogP contribution in [0.15, 0.2) is 22.7 Å². The van der Waals surface area contributed by atoms with Gasteiger partial charge in [0, 0.05) is 24.1 Å². The van der Waals surface area contributed by atoms with Gasteiger partial charge in [-0.2, -0.15) is 0 Å². The number of halogens is 2. The van der Waals surface area contributed by atoms with E-state index in [0.717, 1.165) is 45.8 Å². The minimum atomic E-state index is -0.332. The van der Waals surface area contributed by atoms with Crippen molar-refractivity contribution >= 4 is 38.9 Å². The lowest BCUT2D eigenvalue weighted by molar-refractivity contribution is 0.0376. The Morgan fingerprint density at radius 3 is 2.86 bits per heavy atom. The third kappa shape index (κ3) is 5.86. The highest BCUT2D eigenvalue weighted by Gasteiger charge is 2.09. The van der Waals surface area contributed by atoms with Crippen LogP contribution in [-0.2, 0) is 4.74 Å². The van der Waals surface area contributed by atoms with Crippen molar-refractivity contribution in [2.75, 3.05) is 44.7 Å². The van der Waals surface area contributed by atoms with E-state index in [1.165, 1.54) is 6.07 Å².